The van der Waals surface area contributed by atoms with Crippen LogP contribution in [0.5, 0.6) is 5.75 Å². The number of amides is 3. The molecule has 1 unspecified atom stereocenters. The SMILES string of the molecule is C[C@H]1[C@@H](CSc2nnnn2-c2ccc(O)cc2)O[C@@H](c2ccc(-c3ccccc3CN3C(=O)CC(NC(=O)OCc4ccccc4)C3=O)cc2)O[C@H]1c1ccc(CO)cc1. The molecular weight excluding hydrogens is 785 g/mol. The second kappa shape index (κ2) is 18.3. The van der Waals surface area contributed by atoms with Crippen molar-refractivity contribution in [2.45, 2.75) is 62.8 Å². The van der Waals surface area contributed by atoms with Gasteiger partial charge < -0.3 is 29.7 Å². The van der Waals surface area contributed by atoms with Crippen LogP contribution in [0.3, 0.4) is 0 Å². The number of carbonyl (C=O) groups excluding carboxylic acids is 3. The first kappa shape index (κ1) is 40.4. The molecule has 6 aromatic rings. The highest BCUT2D eigenvalue weighted by atomic mass is 32.2. The number of carbonyl (C=O) groups is 3. The summed E-state index contributed by atoms with van der Waals surface area (Å²) in [4.78, 5) is 40.2. The largest absolute Gasteiger partial charge is 0.508 e. The minimum atomic E-state index is -1.02. The molecule has 2 fully saturated rings. The number of ether oxygens (including phenoxy) is 3. The number of aromatic nitrogens is 4. The van der Waals surface area contributed by atoms with Crippen molar-refractivity contribution in [3.05, 3.63) is 155 Å². The van der Waals surface area contributed by atoms with Crippen LogP contribution in [0.2, 0.25) is 0 Å². The molecule has 15 heteroatoms. The first-order valence-electron chi connectivity index (χ1n) is 19.4. The van der Waals surface area contributed by atoms with E-state index < -0.39 is 24.3 Å². The van der Waals surface area contributed by atoms with Crippen molar-refractivity contribution in [1.82, 2.24) is 30.4 Å². The summed E-state index contributed by atoms with van der Waals surface area (Å²) >= 11 is 1.45. The van der Waals surface area contributed by atoms with Gasteiger partial charge in [-0.1, -0.05) is 122 Å². The molecule has 14 nitrogen and oxygen atoms in total. The van der Waals surface area contributed by atoms with Crippen LogP contribution in [0.4, 0.5) is 4.79 Å². The lowest BCUT2D eigenvalue weighted by Gasteiger charge is -2.41. The van der Waals surface area contributed by atoms with E-state index in [0.29, 0.717) is 16.6 Å². The number of benzene rings is 5. The Bertz CT molecular complexity index is 2430. The number of tetrazole rings is 1. The minimum Gasteiger partial charge on any atom is -0.508 e. The Balaban J connectivity index is 0.971. The lowest BCUT2D eigenvalue weighted by molar-refractivity contribution is -0.268. The molecule has 3 amide bonds. The molecule has 2 aliphatic rings. The first-order valence-corrected chi connectivity index (χ1v) is 20.4. The quantitative estimate of drug-likeness (QED) is 0.0834. The van der Waals surface area contributed by atoms with E-state index in [4.69, 9.17) is 14.2 Å². The fraction of sp³-hybridized carbons (Fsp3) is 0.244. The van der Waals surface area contributed by atoms with Gasteiger partial charge in [0, 0.05) is 17.2 Å². The highest BCUT2D eigenvalue weighted by molar-refractivity contribution is 7.99. The summed E-state index contributed by atoms with van der Waals surface area (Å²) in [5, 5.41) is 34.8. The van der Waals surface area contributed by atoms with E-state index in [9.17, 15) is 24.6 Å². The molecule has 0 radical (unpaired) electrons. The monoisotopic (exact) mass is 826 g/mol. The van der Waals surface area contributed by atoms with Crippen molar-refractivity contribution in [3.8, 4) is 22.6 Å². The van der Waals surface area contributed by atoms with Gasteiger partial charge in [-0.2, -0.15) is 4.68 Å². The highest BCUT2D eigenvalue weighted by Gasteiger charge is 2.41. The average molecular weight is 827 g/mol. The Morgan fingerprint density at radius 1 is 0.867 bits per heavy atom. The normalized spacial score (nSPS) is 20.3. The Labute approximate surface area is 350 Å². The second-order valence-corrected chi connectivity index (χ2v) is 15.6. The molecule has 3 N–H and O–H groups in total. The third-order valence-corrected chi connectivity index (χ3v) is 11.6. The van der Waals surface area contributed by atoms with Crippen LogP contribution in [0.1, 0.15) is 53.6 Å². The van der Waals surface area contributed by atoms with E-state index in [2.05, 4.69) is 27.8 Å². The molecule has 2 aliphatic heterocycles. The number of phenolic OH excluding ortho intramolecular Hbond substituents is 1. The summed E-state index contributed by atoms with van der Waals surface area (Å²) in [6, 6.07) is 37.9. The lowest BCUT2D eigenvalue weighted by Crippen LogP contribution is -2.41. The summed E-state index contributed by atoms with van der Waals surface area (Å²) in [6.07, 6.45) is -2.28. The minimum absolute atomic E-state index is 0.0334. The van der Waals surface area contributed by atoms with Gasteiger partial charge in [-0.05, 0) is 68.1 Å². The van der Waals surface area contributed by atoms with Gasteiger partial charge in [-0.15, -0.1) is 5.10 Å². The van der Waals surface area contributed by atoms with Crippen LogP contribution < -0.4 is 5.32 Å². The van der Waals surface area contributed by atoms with Crippen LogP contribution in [-0.4, -0.2) is 71.1 Å². The van der Waals surface area contributed by atoms with Crippen molar-refractivity contribution in [3.63, 3.8) is 0 Å². The van der Waals surface area contributed by atoms with Crippen LogP contribution in [0.15, 0.2) is 133 Å². The molecule has 306 valence electrons. The standard InChI is InChI=1S/C45H42N6O8S/c1-28-39(27-60-44-47-48-49-51(44)35-19-21-36(53)22-20-35)58-43(59-41(28)32-13-11-29(25-52)12-14-32)33-17-15-31(16-18-33)37-10-6-5-9-34(37)24-50-40(54)23-38(42(50)55)46-45(56)57-26-30-7-3-2-4-8-30/h2-22,28,38-39,41,43,52-53H,23-27H2,1H3,(H,46,56)/t28-,38?,39+,41+,43+/m0/s1. The molecule has 0 bridgehead atoms. The Morgan fingerprint density at radius 3 is 2.33 bits per heavy atom. The first-order chi connectivity index (χ1) is 29.2. The fourth-order valence-electron chi connectivity index (χ4n) is 7.29. The number of aliphatic hydroxyl groups excluding tert-OH is 1. The van der Waals surface area contributed by atoms with Gasteiger partial charge >= 0.3 is 6.09 Å². The van der Waals surface area contributed by atoms with E-state index >= 15 is 0 Å². The van der Waals surface area contributed by atoms with E-state index in [0.717, 1.165) is 38.9 Å². The summed E-state index contributed by atoms with van der Waals surface area (Å²) in [6.45, 7) is 2.10. The molecule has 0 aliphatic carbocycles. The van der Waals surface area contributed by atoms with E-state index in [1.807, 2.05) is 103 Å². The number of nitrogens with one attached hydrogen (secondary N) is 1. The van der Waals surface area contributed by atoms with Crippen LogP contribution in [0.25, 0.3) is 16.8 Å². The summed E-state index contributed by atoms with van der Waals surface area (Å²) in [7, 11) is 0. The number of nitrogens with zero attached hydrogens (tertiary/aromatic N) is 5. The molecule has 1 aromatic heterocycles. The van der Waals surface area contributed by atoms with Crippen molar-refractivity contribution in [1.29, 1.82) is 0 Å². The van der Waals surface area contributed by atoms with Gasteiger partial charge in [0.1, 0.15) is 18.4 Å². The summed E-state index contributed by atoms with van der Waals surface area (Å²) in [5.41, 5.74) is 6.52. The van der Waals surface area contributed by atoms with Gasteiger partial charge in [0.15, 0.2) is 6.29 Å². The third kappa shape index (κ3) is 9.09. The predicted molar refractivity (Wildman–Crippen MR) is 220 cm³/mol. The number of likely N-dealkylation sites (tertiary alicyclic amines) is 1. The van der Waals surface area contributed by atoms with E-state index in [-0.39, 0.29) is 56.0 Å². The zero-order chi connectivity index (χ0) is 41.6. The smallest absolute Gasteiger partial charge is 0.408 e. The van der Waals surface area contributed by atoms with Crippen molar-refractivity contribution >= 4 is 29.7 Å². The van der Waals surface area contributed by atoms with Crippen molar-refractivity contribution in [2.24, 2.45) is 5.92 Å². The Hall–Kier alpha value is -6.39. The molecule has 2 saturated heterocycles. The number of phenols is 1. The zero-order valence-corrected chi connectivity index (χ0v) is 33.4. The number of thioether (sulfide) groups is 1. The molecule has 60 heavy (non-hydrogen) atoms. The van der Waals surface area contributed by atoms with Crippen molar-refractivity contribution < 1.29 is 38.8 Å². The van der Waals surface area contributed by atoms with Gasteiger partial charge in [0.25, 0.3) is 5.91 Å². The second-order valence-electron chi connectivity index (χ2n) is 14.6. The topological polar surface area (TPSA) is 178 Å². The number of rotatable bonds is 13. The zero-order valence-electron chi connectivity index (χ0n) is 32.5. The van der Waals surface area contributed by atoms with Crippen LogP contribution in [0, 0.1) is 5.92 Å². The van der Waals surface area contributed by atoms with Gasteiger partial charge in [-0.25, -0.2) is 4.79 Å². The number of hydrogen-bond acceptors (Lipinski definition) is 12. The number of hydrogen-bond donors (Lipinski definition) is 3. The fourth-order valence-corrected chi connectivity index (χ4v) is 8.34. The van der Waals surface area contributed by atoms with Crippen LogP contribution >= 0.6 is 11.8 Å². The highest BCUT2D eigenvalue weighted by Crippen LogP contribution is 2.43. The molecule has 5 aromatic carbocycles. The number of alkyl carbamates (subject to hydrolysis) is 1. The number of aliphatic hydroxyl groups is 1. The van der Waals surface area contributed by atoms with Gasteiger partial charge in [0.05, 0.1) is 37.5 Å². The van der Waals surface area contributed by atoms with E-state index in [1.54, 1.807) is 28.9 Å². The van der Waals surface area contributed by atoms with Crippen molar-refractivity contribution in [2.75, 3.05) is 5.75 Å². The maximum Gasteiger partial charge on any atom is 0.408 e. The molecule has 8 rings (SSSR count). The van der Waals surface area contributed by atoms with Gasteiger partial charge in [-0.3, -0.25) is 14.5 Å². The number of imide groups is 1. The summed E-state index contributed by atoms with van der Waals surface area (Å²) in [5.74, 6) is -0.305. The maximum absolute atomic E-state index is 13.4. The number of aromatic hydroxyl groups is 1. The molecule has 0 saturated carbocycles. The van der Waals surface area contributed by atoms with Gasteiger partial charge in [0.2, 0.25) is 11.1 Å². The maximum atomic E-state index is 13.4. The van der Waals surface area contributed by atoms with Crippen LogP contribution in [-0.2, 0) is 43.6 Å². The lowest BCUT2D eigenvalue weighted by atomic mass is 9.91. The Morgan fingerprint density at radius 2 is 1.58 bits per heavy atom. The molecule has 5 atom stereocenters. The predicted octanol–water partition coefficient (Wildman–Crippen LogP) is 6.66. The molecule has 0 spiro atoms. The van der Waals surface area contributed by atoms with E-state index in [1.165, 1.54) is 16.7 Å². The third-order valence-electron chi connectivity index (χ3n) is 10.6. The molecule has 3 heterocycles. The Kier molecular flexibility index (Phi) is 12.3. The molecular formula is C45H42N6O8S. The summed E-state index contributed by atoms with van der Waals surface area (Å²) < 4.78 is 20.3. The average Bonchev–Trinajstić information content (AvgIpc) is 3.86.